The number of halogens is 2. The zero-order valence-corrected chi connectivity index (χ0v) is 23.3. The highest BCUT2D eigenvalue weighted by molar-refractivity contribution is 6.33. The van der Waals surface area contributed by atoms with Crippen LogP contribution in [0, 0.1) is 6.92 Å². The third-order valence-electron chi connectivity index (χ3n) is 9.74. The average Bonchev–Trinajstić information content (AvgIpc) is 3.69. The molecular formula is C30H33ClFN7O. The maximum Gasteiger partial charge on any atom is 0.319 e. The summed E-state index contributed by atoms with van der Waals surface area (Å²) < 4.78 is 20.8. The summed E-state index contributed by atoms with van der Waals surface area (Å²) in [4.78, 5) is 14.8. The zero-order valence-electron chi connectivity index (χ0n) is 22.6. The van der Waals surface area contributed by atoms with Gasteiger partial charge in [-0.3, -0.25) is 10.00 Å². The van der Waals surface area contributed by atoms with E-state index in [-0.39, 0.29) is 5.54 Å². The minimum atomic E-state index is -0.795. The van der Waals surface area contributed by atoms with Crippen molar-refractivity contribution in [3.63, 3.8) is 0 Å². The smallest absolute Gasteiger partial charge is 0.319 e. The molecule has 2 N–H and O–H groups in total. The monoisotopic (exact) mass is 561 g/mol. The standard InChI is InChI=1S/C30H33ClFN7O/c1-17-24(31)10-26-23(14-34-37-26)27(17)18-3-6-22-25(9-18)35-29(36-28(22)39-20-4-5-21(39)13-33-12-20)40-16-30-7-2-8-38(30)15-19(32)11-30/h3,6,9-10,14,19-21,33H,2,4-5,7-8,11-13,15-16H2,1H3,(H,34,37)/t19-,20-,21+,30+/m1/s1. The van der Waals surface area contributed by atoms with Crippen molar-refractivity contribution in [2.45, 2.75) is 62.8 Å². The summed E-state index contributed by atoms with van der Waals surface area (Å²) in [5, 5.41) is 13.6. The molecule has 4 saturated heterocycles. The lowest BCUT2D eigenvalue weighted by molar-refractivity contribution is 0.107. The number of hydrogen-bond acceptors (Lipinski definition) is 7. The van der Waals surface area contributed by atoms with Gasteiger partial charge in [0.05, 0.1) is 22.8 Å². The van der Waals surface area contributed by atoms with E-state index in [1.54, 1.807) is 0 Å². The summed E-state index contributed by atoms with van der Waals surface area (Å²) in [6.07, 6.45) is 5.90. The number of ether oxygens (including phenoxy) is 1. The fourth-order valence-corrected chi connectivity index (χ4v) is 8.02. The van der Waals surface area contributed by atoms with Crippen LogP contribution in [0.25, 0.3) is 32.9 Å². The number of nitrogens with zero attached hydrogens (tertiary/aromatic N) is 5. The van der Waals surface area contributed by atoms with Gasteiger partial charge in [-0.25, -0.2) is 4.39 Å². The molecule has 40 heavy (non-hydrogen) atoms. The molecule has 2 aromatic carbocycles. The van der Waals surface area contributed by atoms with Crippen molar-refractivity contribution >= 4 is 39.2 Å². The van der Waals surface area contributed by atoms with E-state index in [0.29, 0.717) is 42.7 Å². The van der Waals surface area contributed by atoms with E-state index in [1.165, 1.54) is 0 Å². The number of aromatic amines is 1. The van der Waals surface area contributed by atoms with Gasteiger partial charge in [-0.05, 0) is 74.0 Å². The number of benzene rings is 2. The first-order chi connectivity index (χ1) is 19.5. The van der Waals surface area contributed by atoms with Gasteiger partial charge in [0.2, 0.25) is 0 Å². The van der Waals surface area contributed by atoms with E-state index < -0.39 is 6.17 Å². The van der Waals surface area contributed by atoms with E-state index in [0.717, 1.165) is 89.6 Å². The highest BCUT2D eigenvalue weighted by Crippen LogP contribution is 2.42. The molecule has 4 aliphatic heterocycles. The maximum absolute atomic E-state index is 14.4. The largest absolute Gasteiger partial charge is 0.461 e. The zero-order chi connectivity index (χ0) is 27.0. The Morgan fingerprint density at radius 1 is 1.15 bits per heavy atom. The van der Waals surface area contributed by atoms with Crippen molar-refractivity contribution in [1.29, 1.82) is 0 Å². The van der Waals surface area contributed by atoms with Gasteiger partial charge in [-0.15, -0.1) is 0 Å². The number of H-pyrrole nitrogens is 1. The first kappa shape index (κ1) is 24.8. The Morgan fingerprint density at radius 2 is 2.00 bits per heavy atom. The van der Waals surface area contributed by atoms with Crippen LogP contribution in [0.1, 0.15) is 37.7 Å². The fourth-order valence-electron chi connectivity index (χ4n) is 7.81. The summed E-state index contributed by atoms with van der Waals surface area (Å²) in [6.45, 7) is 5.79. The predicted molar refractivity (Wildman–Crippen MR) is 155 cm³/mol. The summed E-state index contributed by atoms with van der Waals surface area (Å²) in [7, 11) is 0. The van der Waals surface area contributed by atoms with Gasteiger partial charge in [0.25, 0.3) is 0 Å². The molecule has 4 atom stereocenters. The van der Waals surface area contributed by atoms with Crippen molar-refractivity contribution < 1.29 is 9.13 Å². The molecule has 0 spiro atoms. The van der Waals surface area contributed by atoms with Crippen LogP contribution < -0.4 is 15.0 Å². The van der Waals surface area contributed by atoms with Gasteiger partial charge in [-0.1, -0.05) is 17.7 Å². The Labute approximate surface area is 237 Å². The number of alkyl halides is 1. The second-order valence-corrected chi connectivity index (χ2v) is 12.5. The molecule has 2 aromatic heterocycles. The molecule has 4 aromatic rings. The van der Waals surface area contributed by atoms with Crippen molar-refractivity contribution in [1.82, 2.24) is 30.4 Å². The lowest BCUT2D eigenvalue weighted by atomic mass is 9.95. The number of piperazine rings is 1. The van der Waals surface area contributed by atoms with Crippen LogP contribution in [0.4, 0.5) is 10.2 Å². The number of aromatic nitrogens is 4. The van der Waals surface area contributed by atoms with Crippen LogP contribution in [0.3, 0.4) is 0 Å². The minimum absolute atomic E-state index is 0.251. The van der Waals surface area contributed by atoms with Crippen LogP contribution in [-0.2, 0) is 0 Å². The molecule has 4 fully saturated rings. The van der Waals surface area contributed by atoms with Crippen molar-refractivity contribution in [2.75, 3.05) is 37.7 Å². The van der Waals surface area contributed by atoms with Gasteiger partial charge < -0.3 is 15.0 Å². The van der Waals surface area contributed by atoms with Gasteiger partial charge >= 0.3 is 6.01 Å². The lowest BCUT2D eigenvalue weighted by Crippen LogP contribution is -2.52. The van der Waals surface area contributed by atoms with Crippen LogP contribution in [-0.4, -0.2) is 81.6 Å². The van der Waals surface area contributed by atoms with Crippen molar-refractivity contribution in [3.05, 3.63) is 41.0 Å². The third-order valence-corrected chi connectivity index (χ3v) is 10.1. The lowest BCUT2D eigenvalue weighted by Gasteiger charge is -2.37. The SMILES string of the molecule is Cc1c(Cl)cc2[nH]ncc2c1-c1ccc2c(N3[C@@H]4CC[C@H]3CNC4)nc(OC[C@@]34CCCN3C[C@H](F)C4)nc2c1. The molecule has 0 radical (unpaired) electrons. The molecule has 0 aliphatic carbocycles. The van der Waals surface area contributed by atoms with E-state index in [1.807, 2.05) is 19.2 Å². The second-order valence-electron chi connectivity index (χ2n) is 12.1. The number of hydrogen-bond donors (Lipinski definition) is 2. The Bertz CT molecular complexity index is 1610. The molecule has 4 aliphatic rings. The minimum Gasteiger partial charge on any atom is -0.461 e. The Morgan fingerprint density at radius 3 is 2.85 bits per heavy atom. The Hall–Kier alpha value is -3.01. The molecule has 8 nitrogen and oxygen atoms in total. The summed E-state index contributed by atoms with van der Waals surface area (Å²) >= 11 is 6.63. The van der Waals surface area contributed by atoms with E-state index in [2.05, 4.69) is 43.5 Å². The third kappa shape index (κ3) is 3.81. The van der Waals surface area contributed by atoms with Crippen LogP contribution in [0.2, 0.25) is 5.02 Å². The number of rotatable bonds is 5. The molecule has 2 bridgehead atoms. The van der Waals surface area contributed by atoms with Crippen molar-refractivity contribution in [2.24, 2.45) is 0 Å². The molecule has 0 saturated carbocycles. The van der Waals surface area contributed by atoms with E-state index in [9.17, 15) is 4.39 Å². The summed E-state index contributed by atoms with van der Waals surface area (Å²) in [5.74, 6) is 0.937. The van der Waals surface area contributed by atoms with Crippen LogP contribution in [0.15, 0.2) is 30.5 Å². The highest BCUT2D eigenvalue weighted by atomic mass is 35.5. The topological polar surface area (TPSA) is 82.2 Å². The molecule has 208 valence electrons. The molecular weight excluding hydrogens is 529 g/mol. The molecule has 0 amide bonds. The molecule has 6 heterocycles. The number of nitrogens with one attached hydrogen (secondary N) is 2. The molecule has 8 rings (SSSR count). The van der Waals surface area contributed by atoms with Gasteiger partial charge in [0, 0.05) is 53.9 Å². The quantitative estimate of drug-likeness (QED) is 0.354. The maximum atomic E-state index is 14.4. The van der Waals surface area contributed by atoms with Crippen LogP contribution >= 0.6 is 11.6 Å². The average molecular weight is 562 g/mol. The number of fused-ring (bicyclic) bond motifs is 5. The second kappa shape index (κ2) is 9.26. The van der Waals surface area contributed by atoms with Crippen LogP contribution in [0.5, 0.6) is 6.01 Å². The molecule has 10 heteroatoms. The molecule has 0 unspecified atom stereocenters. The highest BCUT2D eigenvalue weighted by Gasteiger charge is 2.49. The predicted octanol–water partition coefficient (Wildman–Crippen LogP) is 5.03. The van der Waals surface area contributed by atoms with Crippen molar-refractivity contribution in [3.8, 4) is 17.1 Å². The van der Waals surface area contributed by atoms with Gasteiger partial charge in [0.1, 0.15) is 18.6 Å². The van der Waals surface area contributed by atoms with E-state index >= 15 is 0 Å². The summed E-state index contributed by atoms with van der Waals surface area (Å²) in [5.41, 5.74) is 4.56. The van der Waals surface area contributed by atoms with E-state index in [4.69, 9.17) is 26.3 Å². The number of anilines is 1. The van der Waals surface area contributed by atoms with Gasteiger partial charge in [0.15, 0.2) is 0 Å². The normalized spacial score (nSPS) is 28.2. The first-order valence-corrected chi connectivity index (χ1v) is 14.8. The first-order valence-electron chi connectivity index (χ1n) is 14.4. The fraction of sp³-hybridized carbons (Fsp3) is 0.500. The Kier molecular flexibility index (Phi) is 5.73. The Balaban J connectivity index is 1.24. The van der Waals surface area contributed by atoms with Gasteiger partial charge in [-0.2, -0.15) is 15.1 Å². The summed E-state index contributed by atoms with van der Waals surface area (Å²) in [6, 6.07) is 9.49.